The van der Waals surface area contributed by atoms with Crippen LogP contribution in [0, 0.1) is 0 Å². The maximum atomic E-state index is 11.1. The Bertz CT molecular complexity index is 238. The molecule has 10 heavy (non-hydrogen) atoms. The molecule has 0 aromatic heterocycles. The van der Waals surface area contributed by atoms with E-state index in [1.54, 1.807) is 11.9 Å². The van der Waals surface area contributed by atoms with Crippen LogP contribution in [0.3, 0.4) is 0 Å². The second kappa shape index (κ2) is 1.97. The molecule has 0 bridgehead atoms. The molecule has 2 nitrogen and oxygen atoms in total. The molecule has 2 heteroatoms. The predicted octanol–water partition coefficient (Wildman–Crippen LogP) is 1.31. The van der Waals surface area contributed by atoms with E-state index in [0.29, 0.717) is 5.57 Å². The van der Waals surface area contributed by atoms with Crippen molar-refractivity contribution in [3.05, 3.63) is 23.4 Å². The molecule has 1 aliphatic rings. The lowest BCUT2D eigenvalue weighted by Crippen LogP contribution is -2.18. The second-order valence-corrected chi connectivity index (χ2v) is 2.55. The summed E-state index contributed by atoms with van der Waals surface area (Å²) in [5.74, 6) is 0.0231. The van der Waals surface area contributed by atoms with E-state index in [4.69, 9.17) is 0 Å². The zero-order valence-corrected chi connectivity index (χ0v) is 6.56. The fraction of sp³-hybridized carbons (Fsp3) is 0.375. The van der Waals surface area contributed by atoms with Gasteiger partial charge in [-0.3, -0.25) is 4.79 Å². The van der Waals surface area contributed by atoms with Gasteiger partial charge in [0.25, 0.3) is 5.91 Å². The Morgan fingerprint density at radius 1 is 1.40 bits per heavy atom. The Kier molecular flexibility index (Phi) is 1.39. The largest absolute Gasteiger partial charge is 0.315 e. The fourth-order valence-electron chi connectivity index (χ4n) is 0.985. The third kappa shape index (κ3) is 0.685. The lowest BCUT2D eigenvalue weighted by molar-refractivity contribution is -0.123. The summed E-state index contributed by atoms with van der Waals surface area (Å²) >= 11 is 0. The number of likely N-dealkylation sites (N-methyl/N-ethyl adjacent to an activating group) is 1. The summed E-state index contributed by atoms with van der Waals surface area (Å²) in [5.41, 5.74) is 2.64. The van der Waals surface area contributed by atoms with Gasteiger partial charge in [-0.15, -0.1) is 0 Å². The van der Waals surface area contributed by atoms with Crippen LogP contribution in [0.25, 0.3) is 0 Å². The third-order valence-corrected chi connectivity index (χ3v) is 2.06. The highest BCUT2D eigenvalue weighted by molar-refractivity contribution is 6.01. The van der Waals surface area contributed by atoms with E-state index in [9.17, 15) is 4.79 Å². The molecular weight excluding hydrogens is 126 g/mol. The van der Waals surface area contributed by atoms with Crippen LogP contribution >= 0.6 is 0 Å². The molecule has 0 radical (unpaired) electrons. The van der Waals surface area contributed by atoms with Crippen LogP contribution in [0.15, 0.2) is 23.4 Å². The lowest BCUT2D eigenvalue weighted by Gasteiger charge is -2.08. The van der Waals surface area contributed by atoms with Gasteiger partial charge in [-0.05, 0) is 19.4 Å². The normalized spacial score (nSPS) is 19.3. The fourth-order valence-corrected chi connectivity index (χ4v) is 0.985. The number of hydrogen-bond donors (Lipinski definition) is 0. The average molecular weight is 137 g/mol. The Morgan fingerprint density at radius 2 is 1.90 bits per heavy atom. The van der Waals surface area contributed by atoms with Crippen LogP contribution in [0.5, 0.6) is 0 Å². The van der Waals surface area contributed by atoms with E-state index in [1.165, 1.54) is 0 Å². The molecule has 0 saturated carbocycles. The molecule has 1 aliphatic heterocycles. The van der Waals surface area contributed by atoms with Crippen molar-refractivity contribution < 1.29 is 4.79 Å². The van der Waals surface area contributed by atoms with Gasteiger partial charge in [-0.25, -0.2) is 0 Å². The Labute approximate surface area is 60.8 Å². The highest BCUT2D eigenvalue weighted by atomic mass is 16.2. The van der Waals surface area contributed by atoms with Crippen molar-refractivity contribution in [2.75, 3.05) is 7.05 Å². The zero-order valence-electron chi connectivity index (χ0n) is 6.56. The molecule has 0 unspecified atom stereocenters. The quantitative estimate of drug-likeness (QED) is 0.461. The van der Waals surface area contributed by atoms with E-state index in [0.717, 1.165) is 11.3 Å². The molecule has 0 N–H and O–H groups in total. The summed E-state index contributed by atoms with van der Waals surface area (Å²) in [4.78, 5) is 12.7. The standard InChI is InChI=1S/C8H11NO/c1-5-6(2)8(10)9(4)7(5)3/h2H2,1,3-4H3. The second-order valence-electron chi connectivity index (χ2n) is 2.55. The molecule has 0 saturated heterocycles. The van der Waals surface area contributed by atoms with Crippen molar-refractivity contribution in [1.29, 1.82) is 0 Å². The van der Waals surface area contributed by atoms with Gasteiger partial charge in [0.05, 0.1) is 0 Å². The van der Waals surface area contributed by atoms with E-state index in [2.05, 4.69) is 6.58 Å². The molecule has 0 atom stereocenters. The summed E-state index contributed by atoms with van der Waals surface area (Å²) in [6.07, 6.45) is 0. The zero-order chi connectivity index (χ0) is 7.89. The van der Waals surface area contributed by atoms with Crippen molar-refractivity contribution in [1.82, 2.24) is 4.90 Å². The van der Waals surface area contributed by atoms with Crippen molar-refractivity contribution in [2.45, 2.75) is 13.8 Å². The SMILES string of the molecule is C=C1C(=O)N(C)C(C)=C1C. The van der Waals surface area contributed by atoms with Crippen LogP contribution in [0.1, 0.15) is 13.8 Å². The maximum absolute atomic E-state index is 11.1. The van der Waals surface area contributed by atoms with Gasteiger partial charge < -0.3 is 4.90 Å². The monoisotopic (exact) mass is 137 g/mol. The van der Waals surface area contributed by atoms with E-state index in [-0.39, 0.29) is 5.91 Å². The van der Waals surface area contributed by atoms with Crippen LogP contribution < -0.4 is 0 Å². The first kappa shape index (κ1) is 7.06. The average Bonchev–Trinajstić information content (AvgIpc) is 2.07. The maximum Gasteiger partial charge on any atom is 0.257 e. The first-order valence-electron chi connectivity index (χ1n) is 3.20. The van der Waals surface area contributed by atoms with Crippen molar-refractivity contribution in [2.24, 2.45) is 0 Å². The topological polar surface area (TPSA) is 20.3 Å². The highest BCUT2D eigenvalue weighted by Crippen LogP contribution is 2.24. The third-order valence-electron chi connectivity index (χ3n) is 2.06. The van der Waals surface area contributed by atoms with E-state index in [1.807, 2.05) is 13.8 Å². The number of amides is 1. The Balaban J connectivity index is 3.11. The molecule has 0 aromatic rings. The molecule has 0 fully saturated rings. The van der Waals surface area contributed by atoms with Gasteiger partial charge >= 0.3 is 0 Å². The first-order chi connectivity index (χ1) is 4.55. The molecule has 0 aliphatic carbocycles. The first-order valence-corrected chi connectivity index (χ1v) is 3.20. The van der Waals surface area contributed by atoms with Crippen molar-refractivity contribution >= 4 is 5.91 Å². The Hall–Kier alpha value is -1.05. The number of carbonyl (C=O) groups excluding carboxylic acids is 1. The number of carbonyl (C=O) groups is 1. The van der Waals surface area contributed by atoms with Crippen LogP contribution in [0.4, 0.5) is 0 Å². The number of allylic oxidation sites excluding steroid dienone is 1. The molecule has 1 heterocycles. The Morgan fingerprint density at radius 3 is 2.00 bits per heavy atom. The van der Waals surface area contributed by atoms with Gasteiger partial charge in [0, 0.05) is 18.3 Å². The minimum Gasteiger partial charge on any atom is -0.315 e. The van der Waals surface area contributed by atoms with Crippen LogP contribution in [-0.2, 0) is 4.79 Å². The smallest absolute Gasteiger partial charge is 0.257 e. The number of rotatable bonds is 0. The summed E-state index contributed by atoms with van der Waals surface area (Å²) in [5, 5.41) is 0. The van der Waals surface area contributed by atoms with Crippen molar-refractivity contribution in [3.8, 4) is 0 Å². The molecule has 0 spiro atoms. The molecule has 0 aromatic carbocycles. The predicted molar refractivity (Wildman–Crippen MR) is 40.3 cm³/mol. The molecule has 1 rings (SSSR count). The number of nitrogens with zero attached hydrogens (tertiary/aromatic N) is 1. The minimum atomic E-state index is 0.0231. The summed E-state index contributed by atoms with van der Waals surface area (Å²) in [6.45, 7) is 7.51. The minimum absolute atomic E-state index is 0.0231. The molecule has 1 amide bonds. The lowest BCUT2D eigenvalue weighted by atomic mass is 10.1. The van der Waals surface area contributed by atoms with Gasteiger partial charge in [-0.1, -0.05) is 6.58 Å². The van der Waals surface area contributed by atoms with Gasteiger partial charge in [0.2, 0.25) is 0 Å². The van der Waals surface area contributed by atoms with Crippen molar-refractivity contribution in [3.63, 3.8) is 0 Å². The van der Waals surface area contributed by atoms with Gasteiger partial charge in [0.15, 0.2) is 0 Å². The number of hydrogen-bond acceptors (Lipinski definition) is 1. The summed E-state index contributed by atoms with van der Waals surface area (Å²) in [7, 11) is 1.76. The molecular formula is C8H11NO. The summed E-state index contributed by atoms with van der Waals surface area (Å²) < 4.78 is 0. The highest BCUT2D eigenvalue weighted by Gasteiger charge is 2.24. The molecule has 54 valence electrons. The van der Waals surface area contributed by atoms with E-state index < -0.39 is 0 Å². The van der Waals surface area contributed by atoms with Gasteiger partial charge in [0.1, 0.15) is 0 Å². The van der Waals surface area contributed by atoms with Crippen LogP contribution in [-0.4, -0.2) is 17.9 Å². The summed E-state index contributed by atoms with van der Waals surface area (Å²) in [6, 6.07) is 0. The van der Waals surface area contributed by atoms with E-state index >= 15 is 0 Å². The van der Waals surface area contributed by atoms with Gasteiger partial charge in [-0.2, -0.15) is 0 Å². The van der Waals surface area contributed by atoms with Crippen LogP contribution in [0.2, 0.25) is 0 Å².